The maximum absolute atomic E-state index is 13.8. The normalized spacial score (nSPS) is 17.4. The number of fused-ring (bicyclic) bond motifs is 1. The highest BCUT2D eigenvalue weighted by atomic mass is 19.4. The minimum Gasteiger partial charge on any atom is -0.367 e. The Morgan fingerprint density at radius 2 is 1.81 bits per heavy atom. The van der Waals surface area contributed by atoms with Crippen molar-refractivity contribution in [3.8, 4) is 0 Å². The third-order valence-corrected chi connectivity index (χ3v) is 5.52. The van der Waals surface area contributed by atoms with Crippen LogP contribution in [0.5, 0.6) is 0 Å². The Morgan fingerprint density at radius 3 is 2.47 bits per heavy atom. The first-order chi connectivity index (χ1) is 15.1. The number of hydrogen-bond acceptors (Lipinski definition) is 4. The van der Waals surface area contributed by atoms with Gasteiger partial charge < -0.3 is 20.4 Å². The zero-order valence-corrected chi connectivity index (χ0v) is 17.1. The van der Waals surface area contributed by atoms with Crippen LogP contribution in [0.2, 0.25) is 0 Å². The molecule has 0 spiro atoms. The fourth-order valence-corrected chi connectivity index (χ4v) is 3.85. The van der Waals surface area contributed by atoms with Crippen LogP contribution in [0.1, 0.15) is 18.1 Å². The topological polar surface area (TPSA) is 64.7 Å². The van der Waals surface area contributed by atoms with Gasteiger partial charge in [-0.15, -0.1) is 0 Å². The lowest BCUT2D eigenvalue weighted by Gasteiger charge is -2.36. The van der Waals surface area contributed by atoms with Crippen molar-refractivity contribution in [3.63, 3.8) is 0 Å². The van der Waals surface area contributed by atoms with Crippen molar-refractivity contribution in [2.45, 2.75) is 13.1 Å². The average molecular weight is 448 g/mol. The lowest BCUT2D eigenvalue weighted by atomic mass is 10.1. The van der Waals surface area contributed by atoms with Gasteiger partial charge in [0.15, 0.2) is 0 Å². The number of hydrogen-bond donors (Lipinski definition) is 2. The summed E-state index contributed by atoms with van der Waals surface area (Å²) in [6.45, 7) is 2.72. The van der Waals surface area contributed by atoms with Gasteiger partial charge in [-0.2, -0.15) is 13.2 Å². The number of carbonyl (C=O) groups is 2. The van der Waals surface area contributed by atoms with Crippen LogP contribution in [0.3, 0.4) is 0 Å². The number of alkyl halides is 3. The number of nitrogens with zero attached hydrogens (tertiary/aromatic N) is 2. The van der Waals surface area contributed by atoms with Gasteiger partial charge in [-0.25, -0.2) is 4.39 Å². The van der Waals surface area contributed by atoms with Gasteiger partial charge in [-0.3, -0.25) is 9.59 Å². The third-order valence-electron chi connectivity index (χ3n) is 5.52. The minimum atomic E-state index is -4.60. The third kappa shape index (κ3) is 4.25. The molecule has 2 aliphatic rings. The van der Waals surface area contributed by atoms with E-state index in [4.69, 9.17) is 0 Å². The van der Waals surface area contributed by atoms with Gasteiger partial charge in [0, 0.05) is 61.9 Å². The molecular formula is C22H20F4N4O2. The van der Waals surface area contributed by atoms with Crippen LogP contribution in [-0.2, 0) is 15.8 Å². The highest BCUT2D eigenvalue weighted by Crippen LogP contribution is 2.39. The van der Waals surface area contributed by atoms with Gasteiger partial charge in [0.2, 0.25) is 5.91 Å². The highest BCUT2D eigenvalue weighted by molar-refractivity contribution is 6.31. The molecule has 2 aromatic rings. The smallest absolute Gasteiger partial charge is 0.367 e. The van der Waals surface area contributed by atoms with Crippen LogP contribution in [0.4, 0.5) is 34.6 Å². The Balaban J connectivity index is 1.59. The summed E-state index contributed by atoms with van der Waals surface area (Å²) >= 11 is 0. The number of nitrogens with one attached hydrogen (secondary N) is 2. The summed E-state index contributed by atoms with van der Waals surface area (Å²) < 4.78 is 54.9. The number of carbonyl (C=O) groups excluding carboxylic acids is 2. The Labute approximate surface area is 181 Å². The van der Waals surface area contributed by atoms with Crippen molar-refractivity contribution in [2.24, 2.45) is 0 Å². The molecule has 0 aromatic heterocycles. The van der Waals surface area contributed by atoms with E-state index in [0.717, 1.165) is 6.07 Å². The van der Waals surface area contributed by atoms with E-state index in [1.54, 1.807) is 9.80 Å². The van der Waals surface area contributed by atoms with E-state index < -0.39 is 23.5 Å². The number of piperazine rings is 1. The Bertz CT molecular complexity index is 1110. The number of anilines is 3. The molecule has 4 rings (SSSR count). The van der Waals surface area contributed by atoms with Gasteiger partial charge in [-0.1, -0.05) is 0 Å². The summed E-state index contributed by atoms with van der Waals surface area (Å²) in [4.78, 5) is 26.8. The van der Waals surface area contributed by atoms with E-state index in [1.165, 1.54) is 43.5 Å². The van der Waals surface area contributed by atoms with Crippen LogP contribution in [0.25, 0.3) is 5.57 Å². The predicted octanol–water partition coefficient (Wildman–Crippen LogP) is 3.92. The van der Waals surface area contributed by atoms with E-state index in [9.17, 15) is 27.2 Å². The molecule has 32 heavy (non-hydrogen) atoms. The fraction of sp³-hybridized carbons (Fsp3) is 0.273. The summed E-state index contributed by atoms with van der Waals surface area (Å²) in [5.41, 5.74) is 0.231. The quantitative estimate of drug-likeness (QED) is 0.552. The molecule has 2 amide bonds. The molecule has 1 fully saturated rings. The molecule has 2 aromatic carbocycles. The number of benzene rings is 2. The van der Waals surface area contributed by atoms with Gasteiger partial charge in [0.25, 0.3) is 5.91 Å². The maximum Gasteiger partial charge on any atom is 0.418 e. The SMILES string of the molecule is CC(=O)N1CCN(c2ccc(N/C=C3/C(=O)Nc4ccc(F)cc43)cc2C(F)(F)F)CC1. The Hall–Kier alpha value is -3.56. The summed E-state index contributed by atoms with van der Waals surface area (Å²) in [7, 11) is 0. The monoisotopic (exact) mass is 448 g/mol. The van der Waals surface area contributed by atoms with Crippen molar-refractivity contribution in [2.75, 3.05) is 41.7 Å². The number of amides is 2. The van der Waals surface area contributed by atoms with Crippen LogP contribution < -0.4 is 15.5 Å². The second kappa shape index (κ2) is 8.18. The summed E-state index contributed by atoms with van der Waals surface area (Å²) in [5, 5.41) is 5.31. The second-order valence-corrected chi connectivity index (χ2v) is 7.57. The van der Waals surface area contributed by atoms with Crippen LogP contribution in [0.15, 0.2) is 42.6 Å². The Morgan fingerprint density at radius 1 is 1.09 bits per heavy atom. The molecule has 1 saturated heterocycles. The van der Waals surface area contributed by atoms with Crippen molar-refractivity contribution in [1.82, 2.24) is 4.90 Å². The molecule has 0 saturated carbocycles. The standard InChI is InChI=1S/C22H20F4N4O2/c1-13(31)29-6-8-30(9-7-29)20-5-3-15(11-18(20)22(24,25)26)27-12-17-16-10-14(23)2-4-19(16)28-21(17)32/h2-5,10-12,27H,6-9H2,1H3,(H,28,32)/b17-12+. The summed E-state index contributed by atoms with van der Waals surface area (Å²) in [5.74, 6) is -1.11. The molecule has 2 heterocycles. The molecule has 168 valence electrons. The van der Waals surface area contributed by atoms with E-state index in [2.05, 4.69) is 10.6 Å². The first kappa shape index (κ1) is 21.7. The first-order valence-corrected chi connectivity index (χ1v) is 9.93. The minimum absolute atomic E-state index is 0.0323. The molecule has 0 atom stereocenters. The van der Waals surface area contributed by atoms with Crippen LogP contribution in [0, 0.1) is 5.82 Å². The van der Waals surface area contributed by atoms with Crippen LogP contribution >= 0.6 is 0 Å². The lowest BCUT2D eigenvalue weighted by Crippen LogP contribution is -2.48. The average Bonchev–Trinajstić information content (AvgIpc) is 3.05. The predicted molar refractivity (Wildman–Crippen MR) is 113 cm³/mol. The second-order valence-electron chi connectivity index (χ2n) is 7.57. The van der Waals surface area contributed by atoms with Crippen molar-refractivity contribution in [1.29, 1.82) is 0 Å². The molecule has 0 bridgehead atoms. The summed E-state index contributed by atoms with van der Waals surface area (Å²) in [6, 6.07) is 7.65. The van der Waals surface area contributed by atoms with Crippen molar-refractivity contribution < 1.29 is 27.2 Å². The Kier molecular flexibility index (Phi) is 5.53. The number of halogens is 4. The first-order valence-electron chi connectivity index (χ1n) is 9.93. The van der Waals surface area contributed by atoms with Gasteiger partial charge in [0.1, 0.15) is 5.82 Å². The lowest BCUT2D eigenvalue weighted by molar-refractivity contribution is -0.137. The van der Waals surface area contributed by atoms with E-state index >= 15 is 0 Å². The summed E-state index contributed by atoms with van der Waals surface area (Å²) in [6.07, 6.45) is -3.33. The zero-order chi connectivity index (χ0) is 23.0. The molecule has 2 aliphatic heterocycles. The maximum atomic E-state index is 13.8. The molecule has 6 nitrogen and oxygen atoms in total. The number of rotatable bonds is 3. The van der Waals surface area contributed by atoms with Crippen LogP contribution in [-0.4, -0.2) is 42.9 Å². The molecule has 2 N–H and O–H groups in total. The fourth-order valence-electron chi connectivity index (χ4n) is 3.85. The molecule has 0 aliphatic carbocycles. The van der Waals surface area contributed by atoms with Crippen molar-refractivity contribution >= 4 is 34.4 Å². The van der Waals surface area contributed by atoms with E-state index in [-0.39, 0.29) is 22.9 Å². The molecular weight excluding hydrogens is 428 g/mol. The molecule has 0 unspecified atom stereocenters. The van der Waals surface area contributed by atoms with Gasteiger partial charge in [0.05, 0.1) is 11.1 Å². The zero-order valence-electron chi connectivity index (χ0n) is 17.1. The molecule has 0 radical (unpaired) electrons. The molecule has 10 heteroatoms. The van der Waals surface area contributed by atoms with E-state index in [0.29, 0.717) is 37.4 Å². The van der Waals surface area contributed by atoms with Crippen molar-refractivity contribution in [3.05, 3.63) is 59.5 Å². The largest absolute Gasteiger partial charge is 0.418 e. The van der Waals surface area contributed by atoms with Gasteiger partial charge >= 0.3 is 6.18 Å². The van der Waals surface area contributed by atoms with Gasteiger partial charge in [-0.05, 0) is 36.4 Å². The van der Waals surface area contributed by atoms with E-state index in [1.807, 2.05) is 0 Å². The highest BCUT2D eigenvalue weighted by Gasteiger charge is 2.36.